The van der Waals surface area contributed by atoms with Crippen molar-refractivity contribution in [1.82, 2.24) is 9.55 Å². The van der Waals surface area contributed by atoms with E-state index in [-0.39, 0.29) is 5.56 Å². The van der Waals surface area contributed by atoms with Gasteiger partial charge in [-0.3, -0.25) is 9.36 Å². The van der Waals surface area contributed by atoms with Gasteiger partial charge in [-0.15, -0.1) is 11.3 Å². The number of hydrogen-bond acceptors (Lipinski definition) is 6. The molecule has 2 heterocycles. The molecule has 0 atom stereocenters. The molecule has 0 spiro atoms. The first-order chi connectivity index (χ1) is 10.1. The Morgan fingerprint density at radius 2 is 2.33 bits per heavy atom. The SMILES string of the molecule is CCOC(=O)c1sc2ncn(CCCC#N)c(=O)c2c1C. The molecule has 0 unspecified atom stereocenters. The minimum absolute atomic E-state index is 0.178. The van der Waals surface area contributed by atoms with Gasteiger partial charge in [0.1, 0.15) is 9.71 Å². The predicted octanol–water partition coefficient (Wildman–Crippen LogP) is 2.25. The van der Waals surface area contributed by atoms with E-state index < -0.39 is 5.97 Å². The van der Waals surface area contributed by atoms with Crippen molar-refractivity contribution < 1.29 is 9.53 Å². The summed E-state index contributed by atoms with van der Waals surface area (Å²) in [5.41, 5.74) is 0.433. The molecule has 6 nitrogen and oxygen atoms in total. The van der Waals surface area contributed by atoms with Gasteiger partial charge in [-0.05, 0) is 25.8 Å². The molecule has 7 heteroatoms. The lowest BCUT2D eigenvalue weighted by molar-refractivity contribution is 0.0531. The fraction of sp³-hybridized carbons (Fsp3) is 0.429. The van der Waals surface area contributed by atoms with Gasteiger partial charge in [0, 0.05) is 13.0 Å². The van der Waals surface area contributed by atoms with Gasteiger partial charge in [0.25, 0.3) is 5.56 Å². The number of thiophene rings is 1. The number of ether oxygens (including phenoxy) is 1. The van der Waals surface area contributed by atoms with Crippen LogP contribution in [0.1, 0.15) is 35.0 Å². The van der Waals surface area contributed by atoms with Gasteiger partial charge in [-0.1, -0.05) is 0 Å². The number of nitrogens with zero attached hydrogens (tertiary/aromatic N) is 3. The summed E-state index contributed by atoms with van der Waals surface area (Å²) in [6, 6.07) is 2.04. The number of unbranched alkanes of at least 4 members (excludes halogenated alkanes) is 1. The molecule has 0 saturated carbocycles. The van der Waals surface area contributed by atoms with Crippen LogP contribution in [0.15, 0.2) is 11.1 Å². The lowest BCUT2D eigenvalue weighted by Crippen LogP contribution is -2.20. The molecule has 0 aliphatic carbocycles. The molecule has 21 heavy (non-hydrogen) atoms. The number of esters is 1. The number of carbonyl (C=O) groups excluding carboxylic acids is 1. The minimum atomic E-state index is -0.423. The van der Waals surface area contributed by atoms with Gasteiger partial charge in [-0.2, -0.15) is 5.26 Å². The van der Waals surface area contributed by atoms with Crippen LogP contribution in [0.2, 0.25) is 0 Å². The summed E-state index contributed by atoms with van der Waals surface area (Å²) in [5, 5.41) is 9.00. The molecular weight excluding hydrogens is 290 g/mol. The maximum absolute atomic E-state index is 12.4. The summed E-state index contributed by atoms with van der Waals surface area (Å²) in [4.78, 5) is 29.5. The van der Waals surface area contributed by atoms with Gasteiger partial charge in [0.2, 0.25) is 0 Å². The van der Waals surface area contributed by atoms with Crippen LogP contribution in [0.3, 0.4) is 0 Å². The van der Waals surface area contributed by atoms with Crippen molar-refractivity contribution in [3.63, 3.8) is 0 Å². The molecule has 0 aliphatic rings. The summed E-state index contributed by atoms with van der Waals surface area (Å²) >= 11 is 1.17. The van der Waals surface area contributed by atoms with Crippen LogP contribution in [-0.4, -0.2) is 22.1 Å². The molecule has 0 aromatic carbocycles. The molecule has 110 valence electrons. The molecule has 2 aromatic heterocycles. The first kappa shape index (κ1) is 15.2. The van der Waals surface area contributed by atoms with Gasteiger partial charge < -0.3 is 4.74 Å². The first-order valence-electron chi connectivity index (χ1n) is 6.62. The van der Waals surface area contributed by atoms with E-state index in [0.717, 1.165) is 0 Å². The van der Waals surface area contributed by atoms with Crippen molar-refractivity contribution in [2.45, 2.75) is 33.2 Å². The van der Waals surface area contributed by atoms with Crippen molar-refractivity contribution >= 4 is 27.5 Å². The number of rotatable bonds is 5. The second-order valence-electron chi connectivity index (χ2n) is 4.46. The van der Waals surface area contributed by atoms with Crippen LogP contribution in [-0.2, 0) is 11.3 Å². The summed E-state index contributed by atoms with van der Waals surface area (Å²) < 4.78 is 6.47. The Hall–Kier alpha value is -2.20. The smallest absolute Gasteiger partial charge is 0.348 e. The summed E-state index contributed by atoms with van der Waals surface area (Å²) in [5.74, 6) is -0.423. The lowest BCUT2D eigenvalue weighted by Gasteiger charge is -2.03. The standard InChI is InChI=1S/C14H15N3O3S/c1-3-20-14(19)11-9(2)10-12(21-11)16-8-17(13(10)18)7-5-4-6-15/h8H,3-5,7H2,1-2H3. The third-order valence-electron chi connectivity index (χ3n) is 3.07. The Kier molecular flexibility index (Phi) is 4.70. The van der Waals surface area contributed by atoms with Crippen LogP contribution < -0.4 is 5.56 Å². The minimum Gasteiger partial charge on any atom is -0.462 e. The summed E-state index contributed by atoms with van der Waals surface area (Å²) in [7, 11) is 0. The Morgan fingerprint density at radius 1 is 1.57 bits per heavy atom. The Balaban J connectivity index is 2.45. The van der Waals surface area contributed by atoms with Crippen molar-refractivity contribution in [1.29, 1.82) is 5.26 Å². The Labute approximate surface area is 125 Å². The second kappa shape index (κ2) is 6.50. The van der Waals surface area contributed by atoms with Crippen molar-refractivity contribution in [3.8, 4) is 6.07 Å². The van der Waals surface area contributed by atoms with E-state index >= 15 is 0 Å². The average molecular weight is 305 g/mol. The van der Waals surface area contributed by atoms with Crippen LogP contribution in [0.25, 0.3) is 10.2 Å². The van der Waals surface area contributed by atoms with Gasteiger partial charge in [0.15, 0.2) is 0 Å². The first-order valence-corrected chi connectivity index (χ1v) is 7.44. The molecule has 0 radical (unpaired) electrons. The monoisotopic (exact) mass is 305 g/mol. The van der Waals surface area contributed by atoms with Crippen LogP contribution in [0, 0.1) is 18.3 Å². The van der Waals surface area contributed by atoms with E-state index in [4.69, 9.17) is 10.00 Å². The highest BCUT2D eigenvalue weighted by atomic mass is 32.1. The highest BCUT2D eigenvalue weighted by Crippen LogP contribution is 2.27. The second-order valence-corrected chi connectivity index (χ2v) is 5.46. The topological polar surface area (TPSA) is 85.0 Å². The van der Waals surface area contributed by atoms with E-state index in [1.807, 2.05) is 6.07 Å². The lowest BCUT2D eigenvalue weighted by atomic mass is 10.2. The quantitative estimate of drug-likeness (QED) is 0.624. The van der Waals surface area contributed by atoms with Crippen molar-refractivity contribution in [3.05, 3.63) is 27.1 Å². The van der Waals surface area contributed by atoms with Crippen molar-refractivity contribution in [2.75, 3.05) is 6.61 Å². The number of hydrogen-bond donors (Lipinski definition) is 0. The third-order valence-corrected chi connectivity index (χ3v) is 4.25. The fourth-order valence-corrected chi connectivity index (χ4v) is 3.07. The highest BCUT2D eigenvalue weighted by molar-refractivity contribution is 7.20. The highest BCUT2D eigenvalue weighted by Gasteiger charge is 2.20. The molecule has 2 rings (SSSR count). The van der Waals surface area contributed by atoms with E-state index in [2.05, 4.69) is 4.98 Å². The zero-order valence-corrected chi connectivity index (χ0v) is 12.7. The third kappa shape index (κ3) is 2.95. The molecule has 0 amide bonds. The maximum atomic E-state index is 12.4. The van der Waals surface area contributed by atoms with Gasteiger partial charge >= 0.3 is 5.97 Å². The molecule has 0 aliphatic heterocycles. The van der Waals surface area contributed by atoms with Crippen molar-refractivity contribution in [2.24, 2.45) is 0 Å². The number of nitriles is 1. The largest absolute Gasteiger partial charge is 0.462 e. The zero-order chi connectivity index (χ0) is 15.4. The predicted molar refractivity (Wildman–Crippen MR) is 79.4 cm³/mol. The Morgan fingerprint density at radius 3 is 3.00 bits per heavy atom. The van der Waals surface area contributed by atoms with Crippen LogP contribution in [0.4, 0.5) is 0 Å². The van der Waals surface area contributed by atoms with Gasteiger partial charge in [-0.25, -0.2) is 9.78 Å². The maximum Gasteiger partial charge on any atom is 0.348 e. The van der Waals surface area contributed by atoms with E-state index in [9.17, 15) is 9.59 Å². The van der Waals surface area contributed by atoms with Crippen LogP contribution >= 0.6 is 11.3 Å². The molecule has 2 aromatic rings. The summed E-state index contributed by atoms with van der Waals surface area (Å²) in [6.45, 7) is 4.20. The fourth-order valence-electron chi connectivity index (χ4n) is 2.04. The van der Waals surface area contributed by atoms with E-state index in [1.54, 1.807) is 13.8 Å². The molecular formula is C14H15N3O3S. The normalized spacial score (nSPS) is 10.5. The molecule has 0 fully saturated rings. The summed E-state index contributed by atoms with van der Waals surface area (Å²) in [6.07, 6.45) is 2.45. The number of aryl methyl sites for hydroxylation is 2. The number of aromatic nitrogens is 2. The van der Waals surface area contributed by atoms with Crippen LogP contribution in [0.5, 0.6) is 0 Å². The Bertz CT molecular complexity index is 770. The number of carbonyl (C=O) groups is 1. The zero-order valence-electron chi connectivity index (χ0n) is 11.9. The van der Waals surface area contributed by atoms with Gasteiger partial charge in [0.05, 0.1) is 24.4 Å². The molecule has 0 bridgehead atoms. The average Bonchev–Trinajstić information content (AvgIpc) is 2.80. The van der Waals surface area contributed by atoms with E-state index in [0.29, 0.717) is 46.7 Å². The molecule has 0 N–H and O–H groups in total. The molecule has 0 saturated heterocycles. The van der Waals surface area contributed by atoms with E-state index in [1.165, 1.54) is 22.2 Å². The number of fused-ring (bicyclic) bond motifs is 1.